The molecule has 0 radical (unpaired) electrons. The lowest BCUT2D eigenvalue weighted by atomic mass is 10.1. The Hall–Kier alpha value is -1.14. The Labute approximate surface area is 143 Å². The van der Waals surface area contributed by atoms with Gasteiger partial charge in [-0.25, -0.2) is 0 Å². The van der Waals surface area contributed by atoms with Crippen molar-refractivity contribution in [3.8, 4) is 0 Å². The molecule has 1 N–H and O–H groups in total. The summed E-state index contributed by atoms with van der Waals surface area (Å²) in [4.78, 5) is 16.5. The van der Waals surface area contributed by atoms with E-state index in [1.807, 2.05) is 45.3 Å². The topological polar surface area (TPSA) is 44.8 Å². The van der Waals surface area contributed by atoms with Crippen LogP contribution in [0.2, 0.25) is 5.02 Å². The number of nitrogens with zero attached hydrogens (tertiary/aromatic N) is 2. The van der Waals surface area contributed by atoms with E-state index >= 15 is 0 Å². The maximum absolute atomic E-state index is 12.3. The molecule has 1 saturated heterocycles. The van der Waals surface area contributed by atoms with Crippen LogP contribution in [-0.4, -0.2) is 68.7 Å². The molecule has 0 unspecified atom stereocenters. The average molecular weight is 340 g/mol. The van der Waals surface area contributed by atoms with Crippen LogP contribution in [0.25, 0.3) is 0 Å². The van der Waals surface area contributed by atoms with E-state index in [9.17, 15) is 4.79 Å². The highest BCUT2D eigenvalue weighted by molar-refractivity contribution is 6.31. The molecule has 1 aromatic carbocycles. The highest BCUT2D eigenvalue weighted by Crippen LogP contribution is 2.22. The zero-order valence-electron chi connectivity index (χ0n) is 14.1. The normalized spacial score (nSPS) is 20.5. The van der Waals surface area contributed by atoms with Gasteiger partial charge in [-0.15, -0.1) is 0 Å². The first kappa shape index (κ1) is 18.2. The Balaban J connectivity index is 1.83. The third-order valence-corrected chi connectivity index (χ3v) is 4.25. The van der Waals surface area contributed by atoms with E-state index in [1.54, 1.807) is 0 Å². The quantitative estimate of drug-likeness (QED) is 0.858. The predicted octanol–water partition coefficient (Wildman–Crippen LogP) is 1.78. The average Bonchev–Trinajstić information content (AvgIpc) is 2.47. The first-order valence-electron chi connectivity index (χ1n) is 7.98. The Morgan fingerprint density at radius 2 is 2.22 bits per heavy atom. The highest BCUT2D eigenvalue weighted by atomic mass is 35.5. The van der Waals surface area contributed by atoms with Gasteiger partial charge in [-0.2, -0.15) is 0 Å². The molecule has 5 nitrogen and oxygen atoms in total. The van der Waals surface area contributed by atoms with Gasteiger partial charge in [0.1, 0.15) is 0 Å². The molecule has 6 heteroatoms. The number of likely N-dealkylation sites (N-methyl/N-ethyl adjacent to an activating group) is 1. The molecule has 2 rings (SSSR count). The fourth-order valence-electron chi connectivity index (χ4n) is 2.84. The van der Waals surface area contributed by atoms with Crippen molar-refractivity contribution in [1.29, 1.82) is 0 Å². The zero-order valence-corrected chi connectivity index (χ0v) is 14.8. The minimum atomic E-state index is -0.102. The highest BCUT2D eigenvalue weighted by Gasteiger charge is 2.23. The van der Waals surface area contributed by atoms with Crippen molar-refractivity contribution in [1.82, 2.24) is 15.1 Å². The van der Waals surface area contributed by atoms with Crippen molar-refractivity contribution in [2.24, 2.45) is 0 Å². The summed E-state index contributed by atoms with van der Waals surface area (Å²) in [7, 11) is 4.06. The number of morpholine rings is 1. The van der Waals surface area contributed by atoms with E-state index < -0.39 is 0 Å². The van der Waals surface area contributed by atoms with E-state index in [0.29, 0.717) is 18.2 Å². The summed E-state index contributed by atoms with van der Waals surface area (Å²) >= 11 is 6.18. The molecule has 0 saturated carbocycles. The maximum atomic E-state index is 12.3. The van der Waals surface area contributed by atoms with Crippen molar-refractivity contribution in [2.45, 2.75) is 19.1 Å². The summed E-state index contributed by atoms with van der Waals surface area (Å²) in [6.45, 7) is 5.46. The second kappa shape index (κ2) is 8.64. The molecule has 1 heterocycles. The number of amides is 1. The van der Waals surface area contributed by atoms with Gasteiger partial charge in [0.15, 0.2) is 0 Å². The molecule has 0 spiro atoms. The molecule has 0 bridgehead atoms. The number of halogens is 1. The smallest absolute Gasteiger partial charge is 0.234 e. The largest absolute Gasteiger partial charge is 0.374 e. The fourth-order valence-corrected chi connectivity index (χ4v) is 3.14. The van der Waals surface area contributed by atoms with Crippen molar-refractivity contribution in [3.05, 3.63) is 34.9 Å². The van der Waals surface area contributed by atoms with Crippen LogP contribution in [-0.2, 0) is 9.53 Å². The lowest BCUT2D eigenvalue weighted by molar-refractivity contribution is -0.125. The van der Waals surface area contributed by atoms with Crippen LogP contribution in [0.3, 0.4) is 0 Å². The number of nitrogens with one attached hydrogen (secondary N) is 1. The lowest BCUT2D eigenvalue weighted by Gasteiger charge is -2.33. The predicted molar refractivity (Wildman–Crippen MR) is 92.7 cm³/mol. The molecule has 1 aliphatic rings. The third-order valence-electron chi connectivity index (χ3n) is 3.91. The van der Waals surface area contributed by atoms with Crippen molar-refractivity contribution >= 4 is 17.5 Å². The molecular weight excluding hydrogens is 314 g/mol. The molecule has 0 aromatic heterocycles. The molecule has 1 amide bonds. The van der Waals surface area contributed by atoms with Crippen LogP contribution in [0.15, 0.2) is 24.3 Å². The Morgan fingerprint density at radius 1 is 1.48 bits per heavy atom. The van der Waals surface area contributed by atoms with Gasteiger partial charge in [0.25, 0.3) is 0 Å². The summed E-state index contributed by atoms with van der Waals surface area (Å²) in [5, 5.41) is 3.70. The second-order valence-electron chi connectivity index (χ2n) is 6.30. The van der Waals surface area contributed by atoms with Crippen LogP contribution in [0.4, 0.5) is 0 Å². The molecule has 128 valence electrons. The standard InChI is InChI=1S/C17H26ClN3O2/c1-13(15-6-4-5-7-16(15)18)19-17(22)12-21-8-9-23-14(11-21)10-20(2)3/h4-7,13-14H,8-12H2,1-3H3,(H,19,22)/t13-,14-/m0/s1. The molecule has 2 atom stereocenters. The number of carbonyl (C=O) groups excluding carboxylic acids is 1. The zero-order chi connectivity index (χ0) is 16.8. The van der Waals surface area contributed by atoms with Crippen LogP contribution in [0, 0.1) is 0 Å². The SMILES string of the molecule is C[C@H](NC(=O)CN1CCO[C@@H](CN(C)C)C1)c1ccccc1Cl. The Morgan fingerprint density at radius 3 is 2.91 bits per heavy atom. The molecule has 1 aromatic rings. The first-order chi connectivity index (χ1) is 11.0. The third kappa shape index (κ3) is 5.77. The Bertz CT molecular complexity index is 524. The monoisotopic (exact) mass is 339 g/mol. The number of hydrogen-bond acceptors (Lipinski definition) is 4. The second-order valence-corrected chi connectivity index (χ2v) is 6.71. The van der Waals surface area contributed by atoms with Gasteiger partial charge in [0.2, 0.25) is 5.91 Å². The van der Waals surface area contributed by atoms with Gasteiger partial charge in [-0.05, 0) is 32.6 Å². The van der Waals surface area contributed by atoms with Crippen molar-refractivity contribution in [3.63, 3.8) is 0 Å². The molecule has 1 aliphatic heterocycles. The van der Waals surface area contributed by atoms with Gasteiger partial charge in [0.05, 0.1) is 25.3 Å². The van der Waals surface area contributed by atoms with Gasteiger partial charge in [-0.1, -0.05) is 29.8 Å². The summed E-state index contributed by atoms with van der Waals surface area (Å²) in [5.41, 5.74) is 0.940. The van der Waals surface area contributed by atoms with Crippen LogP contribution in [0.1, 0.15) is 18.5 Å². The number of ether oxygens (including phenoxy) is 1. The van der Waals surface area contributed by atoms with Crippen molar-refractivity contribution in [2.75, 3.05) is 46.9 Å². The van der Waals surface area contributed by atoms with E-state index in [0.717, 1.165) is 25.2 Å². The molecular formula is C17H26ClN3O2. The minimum absolute atomic E-state index is 0.0166. The fraction of sp³-hybridized carbons (Fsp3) is 0.588. The van der Waals surface area contributed by atoms with E-state index in [4.69, 9.17) is 16.3 Å². The molecule has 1 fully saturated rings. The summed E-state index contributed by atoms with van der Waals surface area (Å²) in [6, 6.07) is 7.49. The lowest BCUT2D eigenvalue weighted by Crippen LogP contribution is -2.49. The maximum Gasteiger partial charge on any atom is 0.234 e. The van der Waals surface area contributed by atoms with Crippen molar-refractivity contribution < 1.29 is 9.53 Å². The van der Waals surface area contributed by atoms with Crippen LogP contribution in [0.5, 0.6) is 0 Å². The van der Waals surface area contributed by atoms with Gasteiger partial charge in [-0.3, -0.25) is 9.69 Å². The van der Waals surface area contributed by atoms with Gasteiger partial charge < -0.3 is 15.0 Å². The van der Waals surface area contributed by atoms with Crippen LogP contribution < -0.4 is 5.32 Å². The number of benzene rings is 1. The van der Waals surface area contributed by atoms with Gasteiger partial charge >= 0.3 is 0 Å². The molecule has 23 heavy (non-hydrogen) atoms. The first-order valence-corrected chi connectivity index (χ1v) is 8.36. The summed E-state index contributed by atoms with van der Waals surface area (Å²) < 4.78 is 5.73. The van der Waals surface area contributed by atoms with E-state index in [2.05, 4.69) is 15.1 Å². The van der Waals surface area contributed by atoms with E-state index in [1.165, 1.54) is 0 Å². The minimum Gasteiger partial charge on any atom is -0.374 e. The number of hydrogen-bond donors (Lipinski definition) is 1. The summed E-state index contributed by atoms with van der Waals surface area (Å²) in [5.74, 6) is 0.0166. The number of rotatable bonds is 6. The summed E-state index contributed by atoms with van der Waals surface area (Å²) in [6.07, 6.45) is 0.160. The van der Waals surface area contributed by atoms with E-state index in [-0.39, 0.29) is 18.1 Å². The number of carbonyl (C=O) groups is 1. The molecule has 0 aliphatic carbocycles. The Kier molecular flexibility index (Phi) is 6.84. The van der Waals surface area contributed by atoms with Gasteiger partial charge in [0, 0.05) is 24.7 Å². The van der Waals surface area contributed by atoms with Crippen LogP contribution >= 0.6 is 11.6 Å².